The summed E-state index contributed by atoms with van der Waals surface area (Å²) in [7, 11) is 1.59. The van der Waals surface area contributed by atoms with E-state index in [1.807, 2.05) is 24.3 Å². The smallest absolute Gasteiger partial charge is 0.202 e. The minimum Gasteiger partial charge on any atom is -0.496 e. The third-order valence-corrected chi connectivity index (χ3v) is 2.24. The first kappa shape index (κ1) is 10.4. The number of hydrogen-bond donors (Lipinski definition) is 0. The lowest BCUT2D eigenvalue weighted by molar-refractivity contribution is 0.0978. The van der Waals surface area contributed by atoms with E-state index < -0.39 is 0 Å². The van der Waals surface area contributed by atoms with Gasteiger partial charge in [-0.1, -0.05) is 17.3 Å². The third kappa shape index (κ3) is 1.82. The number of Topliss-reactive ketones (excluding diaryl/α,β-unsaturated/α-hetero) is 1. The molecule has 1 aromatic carbocycles. The van der Waals surface area contributed by atoms with E-state index in [-0.39, 0.29) is 11.5 Å². The summed E-state index contributed by atoms with van der Waals surface area (Å²) in [5, 5.41) is 3.84. The van der Waals surface area contributed by atoms with Crippen molar-refractivity contribution in [3.8, 4) is 17.0 Å². The van der Waals surface area contributed by atoms with Gasteiger partial charge in [-0.15, -0.1) is 0 Å². The van der Waals surface area contributed by atoms with Gasteiger partial charge in [0, 0.05) is 18.6 Å². The molecular formula is C12H11NO3. The predicted octanol–water partition coefficient (Wildman–Crippen LogP) is 2.55. The van der Waals surface area contributed by atoms with Crippen LogP contribution in [-0.2, 0) is 0 Å². The van der Waals surface area contributed by atoms with Crippen molar-refractivity contribution in [3.63, 3.8) is 0 Å². The zero-order valence-electron chi connectivity index (χ0n) is 9.06. The molecule has 82 valence electrons. The fraction of sp³-hybridized carbons (Fsp3) is 0.167. The van der Waals surface area contributed by atoms with E-state index in [1.54, 1.807) is 13.2 Å². The number of aromatic nitrogens is 1. The minimum atomic E-state index is -0.145. The summed E-state index contributed by atoms with van der Waals surface area (Å²) in [5.41, 5.74) is 1.41. The highest BCUT2D eigenvalue weighted by Gasteiger charge is 2.12. The SMILES string of the molecule is COc1ccccc1-c1cc(C(C)=O)on1. The van der Waals surface area contributed by atoms with Gasteiger partial charge in [0.2, 0.25) is 5.76 Å². The van der Waals surface area contributed by atoms with Crippen LogP contribution in [0.15, 0.2) is 34.9 Å². The van der Waals surface area contributed by atoms with Crippen LogP contribution < -0.4 is 4.74 Å². The van der Waals surface area contributed by atoms with Crippen LogP contribution >= 0.6 is 0 Å². The van der Waals surface area contributed by atoms with Gasteiger partial charge in [0.25, 0.3) is 0 Å². The zero-order valence-corrected chi connectivity index (χ0v) is 9.06. The van der Waals surface area contributed by atoms with E-state index in [4.69, 9.17) is 9.26 Å². The van der Waals surface area contributed by atoms with Crippen LogP contribution in [0.25, 0.3) is 11.3 Å². The molecule has 2 rings (SSSR count). The summed E-state index contributed by atoms with van der Waals surface area (Å²) in [5.74, 6) is 0.806. The van der Waals surface area contributed by atoms with Crippen LogP contribution in [0.4, 0.5) is 0 Å². The molecule has 0 saturated carbocycles. The van der Waals surface area contributed by atoms with Crippen molar-refractivity contribution in [1.82, 2.24) is 5.16 Å². The van der Waals surface area contributed by atoms with Crippen molar-refractivity contribution in [2.24, 2.45) is 0 Å². The maximum absolute atomic E-state index is 11.1. The fourth-order valence-corrected chi connectivity index (χ4v) is 1.42. The monoisotopic (exact) mass is 217 g/mol. The van der Waals surface area contributed by atoms with E-state index in [0.717, 1.165) is 5.56 Å². The number of ether oxygens (including phenoxy) is 1. The molecule has 0 bridgehead atoms. The second-order valence-electron chi connectivity index (χ2n) is 3.33. The number of para-hydroxylation sites is 1. The minimum absolute atomic E-state index is 0.145. The lowest BCUT2D eigenvalue weighted by Gasteiger charge is -2.03. The predicted molar refractivity (Wildman–Crippen MR) is 58.5 cm³/mol. The average Bonchev–Trinajstić information content (AvgIpc) is 2.78. The molecule has 0 aliphatic rings. The number of methoxy groups -OCH3 is 1. The molecule has 0 aliphatic carbocycles. The van der Waals surface area contributed by atoms with Gasteiger partial charge in [0.1, 0.15) is 11.4 Å². The van der Waals surface area contributed by atoms with Gasteiger partial charge < -0.3 is 9.26 Å². The molecule has 4 heteroatoms. The quantitative estimate of drug-likeness (QED) is 0.741. The lowest BCUT2D eigenvalue weighted by atomic mass is 10.1. The van der Waals surface area contributed by atoms with Crippen molar-refractivity contribution in [3.05, 3.63) is 36.1 Å². The molecular weight excluding hydrogens is 206 g/mol. The highest BCUT2D eigenvalue weighted by molar-refractivity contribution is 5.92. The van der Waals surface area contributed by atoms with Crippen molar-refractivity contribution in [2.45, 2.75) is 6.92 Å². The molecule has 4 nitrogen and oxygen atoms in total. The molecule has 0 fully saturated rings. The van der Waals surface area contributed by atoms with Crippen molar-refractivity contribution >= 4 is 5.78 Å². The van der Waals surface area contributed by atoms with Crippen LogP contribution in [0.1, 0.15) is 17.5 Å². The van der Waals surface area contributed by atoms with Gasteiger partial charge in [0.15, 0.2) is 5.78 Å². The van der Waals surface area contributed by atoms with Gasteiger partial charge in [-0.3, -0.25) is 4.79 Å². The topological polar surface area (TPSA) is 52.3 Å². The molecule has 0 saturated heterocycles. The normalized spacial score (nSPS) is 10.1. The fourth-order valence-electron chi connectivity index (χ4n) is 1.42. The molecule has 1 heterocycles. The van der Waals surface area contributed by atoms with Crippen LogP contribution in [-0.4, -0.2) is 18.0 Å². The number of carbonyl (C=O) groups excluding carboxylic acids is 1. The van der Waals surface area contributed by atoms with Gasteiger partial charge >= 0.3 is 0 Å². The Balaban J connectivity index is 2.46. The number of carbonyl (C=O) groups is 1. The Kier molecular flexibility index (Phi) is 2.72. The molecule has 0 spiro atoms. The molecule has 0 radical (unpaired) electrons. The Hall–Kier alpha value is -2.10. The molecule has 1 aromatic heterocycles. The van der Waals surface area contributed by atoms with Crippen molar-refractivity contribution in [1.29, 1.82) is 0 Å². The summed E-state index contributed by atoms with van der Waals surface area (Å²) < 4.78 is 10.1. The summed E-state index contributed by atoms with van der Waals surface area (Å²) in [6.45, 7) is 1.44. The standard InChI is InChI=1S/C12H11NO3/c1-8(14)12-7-10(13-16-12)9-5-3-4-6-11(9)15-2/h3-7H,1-2H3. The Morgan fingerprint density at radius 3 is 2.75 bits per heavy atom. The maximum Gasteiger partial charge on any atom is 0.202 e. The molecule has 0 amide bonds. The lowest BCUT2D eigenvalue weighted by Crippen LogP contribution is -1.87. The van der Waals surface area contributed by atoms with Crippen molar-refractivity contribution < 1.29 is 14.1 Å². The van der Waals surface area contributed by atoms with Crippen LogP contribution in [0.5, 0.6) is 5.75 Å². The van der Waals surface area contributed by atoms with E-state index in [0.29, 0.717) is 11.4 Å². The Morgan fingerprint density at radius 1 is 1.38 bits per heavy atom. The highest BCUT2D eigenvalue weighted by atomic mass is 16.5. The largest absolute Gasteiger partial charge is 0.496 e. The first-order valence-corrected chi connectivity index (χ1v) is 4.83. The van der Waals surface area contributed by atoms with E-state index in [1.165, 1.54) is 6.92 Å². The Labute approximate surface area is 92.8 Å². The van der Waals surface area contributed by atoms with Gasteiger partial charge in [-0.2, -0.15) is 0 Å². The van der Waals surface area contributed by atoms with Gasteiger partial charge in [0.05, 0.1) is 7.11 Å². The first-order chi connectivity index (χ1) is 7.72. The maximum atomic E-state index is 11.1. The van der Waals surface area contributed by atoms with Crippen LogP contribution in [0.3, 0.4) is 0 Å². The van der Waals surface area contributed by atoms with Gasteiger partial charge in [-0.05, 0) is 12.1 Å². The second-order valence-corrected chi connectivity index (χ2v) is 3.33. The Bertz CT molecular complexity index is 516. The van der Waals surface area contributed by atoms with Crippen LogP contribution in [0.2, 0.25) is 0 Å². The number of hydrogen-bond acceptors (Lipinski definition) is 4. The van der Waals surface area contributed by atoms with E-state index in [9.17, 15) is 4.79 Å². The average molecular weight is 217 g/mol. The number of rotatable bonds is 3. The number of nitrogens with zero attached hydrogens (tertiary/aromatic N) is 1. The summed E-state index contributed by atoms with van der Waals surface area (Å²) in [6.07, 6.45) is 0. The summed E-state index contributed by atoms with van der Waals surface area (Å²) in [6, 6.07) is 9.05. The zero-order chi connectivity index (χ0) is 11.5. The molecule has 0 N–H and O–H groups in total. The second kappa shape index (κ2) is 4.18. The number of benzene rings is 1. The van der Waals surface area contributed by atoms with Gasteiger partial charge in [-0.25, -0.2) is 0 Å². The molecule has 0 aliphatic heterocycles. The Morgan fingerprint density at radius 2 is 2.12 bits per heavy atom. The molecule has 16 heavy (non-hydrogen) atoms. The van der Waals surface area contributed by atoms with Crippen molar-refractivity contribution in [2.75, 3.05) is 7.11 Å². The third-order valence-electron chi connectivity index (χ3n) is 2.24. The molecule has 2 aromatic rings. The molecule has 0 unspecified atom stereocenters. The highest BCUT2D eigenvalue weighted by Crippen LogP contribution is 2.28. The number of ketones is 1. The van der Waals surface area contributed by atoms with Crippen LogP contribution in [0, 0.1) is 0 Å². The summed E-state index contributed by atoms with van der Waals surface area (Å²) in [4.78, 5) is 11.1. The first-order valence-electron chi connectivity index (χ1n) is 4.83. The van der Waals surface area contributed by atoms with E-state index >= 15 is 0 Å². The van der Waals surface area contributed by atoms with E-state index in [2.05, 4.69) is 5.16 Å². The molecule has 0 atom stereocenters. The summed E-state index contributed by atoms with van der Waals surface area (Å²) >= 11 is 0.